The summed E-state index contributed by atoms with van der Waals surface area (Å²) in [6.45, 7) is 1.99. The van der Waals surface area contributed by atoms with Gasteiger partial charge in [-0.05, 0) is 38.2 Å². The summed E-state index contributed by atoms with van der Waals surface area (Å²) in [5.74, 6) is 1.56. The zero-order chi connectivity index (χ0) is 14.5. The molecule has 2 rings (SSSR count). The molecule has 4 heteroatoms. The normalized spacial score (nSPS) is 12.0. The van der Waals surface area contributed by atoms with Crippen LogP contribution in [0.15, 0.2) is 36.4 Å². The van der Waals surface area contributed by atoms with E-state index >= 15 is 0 Å². The molecule has 106 valence electrons. The fourth-order valence-electron chi connectivity index (χ4n) is 2.24. The Labute approximate surface area is 119 Å². The van der Waals surface area contributed by atoms with E-state index in [0.29, 0.717) is 0 Å². The quantitative estimate of drug-likeness (QED) is 0.909. The van der Waals surface area contributed by atoms with E-state index in [9.17, 15) is 0 Å². The SMILES string of the molecule is CNC(c1cccc(C)n1)c1ccc(OC)cc1OC. The minimum atomic E-state index is -0.0178. The van der Waals surface area contributed by atoms with Gasteiger partial charge in [-0.2, -0.15) is 0 Å². The third kappa shape index (κ3) is 2.91. The maximum atomic E-state index is 5.47. The van der Waals surface area contributed by atoms with E-state index in [1.54, 1.807) is 14.2 Å². The molecule has 0 saturated heterocycles. The molecule has 0 spiro atoms. The van der Waals surface area contributed by atoms with Crippen LogP contribution in [0.4, 0.5) is 0 Å². The Bertz CT molecular complexity index is 584. The molecule has 2 aromatic rings. The van der Waals surface area contributed by atoms with Gasteiger partial charge >= 0.3 is 0 Å². The number of aryl methyl sites for hydroxylation is 1. The molecule has 0 saturated carbocycles. The highest BCUT2D eigenvalue weighted by Gasteiger charge is 2.18. The second kappa shape index (κ2) is 6.39. The summed E-state index contributed by atoms with van der Waals surface area (Å²) in [6, 6.07) is 11.8. The lowest BCUT2D eigenvalue weighted by molar-refractivity contribution is 0.388. The fourth-order valence-corrected chi connectivity index (χ4v) is 2.24. The zero-order valence-corrected chi connectivity index (χ0v) is 12.3. The second-order valence-corrected chi connectivity index (χ2v) is 4.53. The predicted molar refractivity (Wildman–Crippen MR) is 79.4 cm³/mol. The lowest BCUT2D eigenvalue weighted by atomic mass is 10.0. The van der Waals surface area contributed by atoms with E-state index in [4.69, 9.17) is 9.47 Å². The minimum absolute atomic E-state index is 0.0178. The van der Waals surface area contributed by atoms with Crippen molar-refractivity contribution in [2.75, 3.05) is 21.3 Å². The monoisotopic (exact) mass is 272 g/mol. The van der Waals surface area contributed by atoms with Gasteiger partial charge in [0.15, 0.2) is 0 Å². The number of benzene rings is 1. The number of aromatic nitrogens is 1. The topological polar surface area (TPSA) is 43.4 Å². The molecule has 0 fully saturated rings. The van der Waals surface area contributed by atoms with Crippen molar-refractivity contribution in [3.05, 3.63) is 53.3 Å². The van der Waals surface area contributed by atoms with E-state index in [2.05, 4.69) is 10.3 Å². The van der Waals surface area contributed by atoms with Crippen LogP contribution in [-0.4, -0.2) is 26.3 Å². The molecular weight excluding hydrogens is 252 g/mol. The molecule has 0 aliphatic rings. The summed E-state index contributed by atoms with van der Waals surface area (Å²) < 4.78 is 10.7. The Balaban J connectivity index is 2.46. The number of hydrogen-bond donors (Lipinski definition) is 1. The molecule has 20 heavy (non-hydrogen) atoms. The van der Waals surface area contributed by atoms with Crippen LogP contribution in [0.2, 0.25) is 0 Å². The molecule has 1 heterocycles. The Morgan fingerprint density at radius 1 is 1.10 bits per heavy atom. The van der Waals surface area contributed by atoms with Crippen molar-refractivity contribution in [2.24, 2.45) is 0 Å². The van der Waals surface area contributed by atoms with Gasteiger partial charge in [-0.15, -0.1) is 0 Å². The largest absolute Gasteiger partial charge is 0.497 e. The van der Waals surface area contributed by atoms with E-state index < -0.39 is 0 Å². The van der Waals surface area contributed by atoms with Gasteiger partial charge in [-0.1, -0.05) is 6.07 Å². The highest BCUT2D eigenvalue weighted by molar-refractivity contribution is 5.45. The zero-order valence-electron chi connectivity index (χ0n) is 12.3. The first-order valence-electron chi connectivity index (χ1n) is 6.52. The Morgan fingerprint density at radius 3 is 2.50 bits per heavy atom. The summed E-state index contributed by atoms with van der Waals surface area (Å²) in [5.41, 5.74) is 3.00. The fraction of sp³-hybridized carbons (Fsp3) is 0.312. The summed E-state index contributed by atoms with van der Waals surface area (Å²) >= 11 is 0. The number of nitrogens with zero attached hydrogens (tertiary/aromatic N) is 1. The van der Waals surface area contributed by atoms with Gasteiger partial charge in [-0.3, -0.25) is 4.98 Å². The number of ether oxygens (including phenoxy) is 2. The molecule has 0 aliphatic carbocycles. The van der Waals surface area contributed by atoms with Crippen LogP contribution in [0.1, 0.15) is 23.0 Å². The first-order valence-corrected chi connectivity index (χ1v) is 6.52. The number of hydrogen-bond acceptors (Lipinski definition) is 4. The third-order valence-corrected chi connectivity index (χ3v) is 3.25. The van der Waals surface area contributed by atoms with Gasteiger partial charge in [-0.25, -0.2) is 0 Å². The highest BCUT2D eigenvalue weighted by atomic mass is 16.5. The molecule has 0 radical (unpaired) electrons. The van der Waals surface area contributed by atoms with Crippen molar-refractivity contribution < 1.29 is 9.47 Å². The van der Waals surface area contributed by atoms with Crippen LogP contribution in [-0.2, 0) is 0 Å². The minimum Gasteiger partial charge on any atom is -0.497 e. The van der Waals surface area contributed by atoms with Crippen LogP contribution in [0, 0.1) is 6.92 Å². The molecule has 1 aromatic heterocycles. The van der Waals surface area contributed by atoms with Crippen molar-refractivity contribution in [2.45, 2.75) is 13.0 Å². The van der Waals surface area contributed by atoms with Gasteiger partial charge in [0.1, 0.15) is 11.5 Å². The van der Waals surface area contributed by atoms with Gasteiger partial charge in [0.05, 0.1) is 26.0 Å². The molecule has 0 bridgehead atoms. The lowest BCUT2D eigenvalue weighted by Crippen LogP contribution is -2.19. The van der Waals surface area contributed by atoms with Crippen LogP contribution in [0.25, 0.3) is 0 Å². The van der Waals surface area contributed by atoms with E-state index in [1.807, 2.05) is 50.4 Å². The Kier molecular flexibility index (Phi) is 4.58. The van der Waals surface area contributed by atoms with Crippen molar-refractivity contribution >= 4 is 0 Å². The summed E-state index contributed by atoms with van der Waals surface area (Å²) in [5, 5.41) is 3.29. The molecule has 4 nitrogen and oxygen atoms in total. The van der Waals surface area contributed by atoms with Crippen molar-refractivity contribution in [3.8, 4) is 11.5 Å². The van der Waals surface area contributed by atoms with E-state index in [0.717, 1.165) is 28.5 Å². The molecular formula is C16H20N2O2. The number of rotatable bonds is 5. The second-order valence-electron chi connectivity index (χ2n) is 4.53. The average Bonchev–Trinajstić information content (AvgIpc) is 2.48. The molecule has 1 aromatic carbocycles. The van der Waals surface area contributed by atoms with Crippen molar-refractivity contribution in [1.29, 1.82) is 0 Å². The van der Waals surface area contributed by atoms with Crippen LogP contribution in [0.5, 0.6) is 11.5 Å². The molecule has 0 aliphatic heterocycles. The van der Waals surface area contributed by atoms with Crippen LogP contribution >= 0.6 is 0 Å². The van der Waals surface area contributed by atoms with Crippen LogP contribution < -0.4 is 14.8 Å². The standard InChI is InChI=1S/C16H20N2O2/c1-11-6-5-7-14(18-11)16(17-2)13-9-8-12(19-3)10-15(13)20-4/h5-10,16-17H,1-4H3. The first kappa shape index (κ1) is 14.3. The Morgan fingerprint density at radius 2 is 1.90 bits per heavy atom. The van der Waals surface area contributed by atoms with E-state index in [-0.39, 0.29) is 6.04 Å². The average molecular weight is 272 g/mol. The predicted octanol–water partition coefficient (Wildman–Crippen LogP) is 2.72. The summed E-state index contributed by atoms with van der Waals surface area (Å²) in [6.07, 6.45) is 0. The van der Waals surface area contributed by atoms with Gasteiger partial charge in [0, 0.05) is 17.3 Å². The molecule has 1 atom stereocenters. The summed E-state index contributed by atoms with van der Waals surface area (Å²) in [7, 11) is 5.22. The molecule has 1 unspecified atom stereocenters. The van der Waals surface area contributed by atoms with Crippen molar-refractivity contribution in [1.82, 2.24) is 10.3 Å². The molecule has 0 amide bonds. The maximum absolute atomic E-state index is 5.47. The summed E-state index contributed by atoms with van der Waals surface area (Å²) in [4.78, 5) is 4.59. The first-order chi connectivity index (χ1) is 9.69. The Hall–Kier alpha value is -2.07. The molecule has 1 N–H and O–H groups in total. The van der Waals surface area contributed by atoms with E-state index in [1.165, 1.54) is 0 Å². The smallest absolute Gasteiger partial charge is 0.127 e. The lowest BCUT2D eigenvalue weighted by Gasteiger charge is -2.20. The number of pyridine rings is 1. The van der Waals surface area contributed by atoms with Crippen LogP contribution in [0.3, 0.4) is 0 Å². The maximum Gasteiger partial charge on any atom is 0.127 e. The van der Waals surface area contributed by atoms with Crippen molar-refractivity contribution in [3.63, 3.8) is 0 Å². The third-order valence-electron chi connectivity index (χ3n) is 3.25. The number of nitrogens with one attached hydrogen (secondary N) is 1. The van der Waals surface area contributed by atoms with Gasteiger partial charge < -0.3 is 14.8 Å². The number of methoxy groups -OCH3 is 2. The van der Waals surface area contributed by atoms with Gasteiger partial charge in [0.25, 0.3) is 0 Å². The highest BCUT2D eigenvalue weighted by Crippen LogP contribution is 2.32. The van der Waals surface area contributed by atoms with Gasteiger partial charge in [0.2, 0.25) is 0 Å².